The molecule has 0 radical (unpaired) electrons. The van der Waals surface area contributed by atoms with Crippen molar-refractivity contribution >= 4 is 15.9 Å². The van der Waals surface area contributed by atoms with E-state index in [0.717, 1.165) is 12.0 Å². The van der Waals surface area contributed by atoms with Crippen molar-refractivity contribution in [2.45, 2.75) is 35.7 Å². The third-order valence-electron chi connectivity index (χ3n) is 4.99. The molecular weight excluding hydrogens is 355 g/mol. The molecule has 26 heavy (non-hydrogen) atoms. The molecule has 1 aliphatic heterocycles. The molecule has 136 valence electrons. The van der Waals surface area contributed by atoms with Gasteiger partial charge in [0.25, 0.3) is 0 Å². The van der Waals surface area contributed by atoms with Crippen LogP contribution in [0, 0.1) is 5.82 Å². The van der Waals surface area contributed by atoms with E-state index in [1.165, 1.54) is 12.1 Å². The van der Waals surface area contributed by atoms with Crippen LogP contribution in [-0.2, 0) is 9.84 Å². The normalized spacial score (nSPS) is 25.8. The summed E-state index contributed by atoms with van der Waals surface area (Å²) in [7, 11) is -3.28. The van der Waals surface area contributed by atoms with Crippen molar-refractivity contribution in [2.75, 3.05) is 5.75 Å². The highest BCUT2D eigenvalue weighted by molar-refractivity contribution is 7.91. The molecule has 0 bridgehead atoms. The summed E-state index contributed by atoms with van der Waals surface area (Å²) >= 11 is 0. The first kappa shape index (κ1) is 17.0. The summed E-state index contributed by atoms with van der Waals surface area (Å²) in [6.45, 7) is 0. The summed E-state index contributed by atoms with van der Waals surface area (Å²) in [6.07, 6.45) is 1.12. The van der Waals surface area contributed by atoms with E-state index >= 15 is 0 Å². The lowest BCUT2D eigenvalue weighted by Gasteiger charge is -2.26. The average molecular weight is 374 g/mol. The molecule has 0 saturated heterocycles. The van der Waals surface area contributed by atoms with Crippen molar-refractivity contribution in [3.8, 4) is 0 Å². The number of carbonyl (C=O) groups excluding carboxylic acids is 1. The summed E-state index contributed by atoms with van der Waals surface area (Å²) in [4.78, 5) is 12.6. The average Bonchev–Trinajstić information content (AvgIpc) is 3.37. The van der Waals surface area contributed by atoms with Crippen molar-refractivity contribution in [2.24, 2.45) is 0 Å². The molecule has 0 aromatic heterocycles. The van der Waals surface area contributed by atoms with Crippen LogP contribution in [0.5, 0.6) is 0 Å². The van der Waals surface area contributed by atoms with Crippen LogP contribution in [-0.4, -0.2) is 26.2 Å². The lowest BCUT2D eigenvalue weighted by Crippen LogP contribution is -2.41. The topological polar surface area (TPSA) is 75.3 Å². The number of hydrogen-bond acceptors (Lipinski definition) is 3. The van der Waals surface area contributed by atoms with Crippen molar-refractivity contribution in [1.29, 1.82) is 0 Å². The first-order chi connectivity index (χ1) is 12.4. The fourth-order valence-corrected chi connectivity index (χ4v) is 5.19. The summed E-state index contributed by atoms with van der Waals surface area (Å²) < 4.78 is 37.6. The highest BCUT2D eigenvalue weighted by Gasteiger charge is 2.40. The third-order valence-corrected chi connectivity index (χ3v) is 6.81. The summed E-state index contributed by atoms with van der Waals surface area (Å²) in [6, 6.07) is 12.5. The molecule has 2 amide bonds. The molecule has 5 nitrogen and oxygen atoms in total. The lowest BCUT2D eigenvalue weighted by molar-refractivity contribution is 0.235. The first-order valence-electron chi connectivity index (χ1n) is 8.58. The Bertz CT molecular complexity index is 961. The van der Waals surface area contributed by atoms with E-state index in [1.807, 2.05) is 6.07 Å². The molecule has 2 aromatic carbocycles. The highest BCUT2D eigenvalue weighted by atomic mass is 32.2. The number of rotatable bonds is 3. The number of sulfone groups is 1. The van der Waals surface area contributed by atoms with Crippen LogP contribution >= 0.6 is 0 Å². The molecule has 1 aliphatic carbocycles. The van der Waals surface area contributed by atoms with Crippen molar-refractivity contribution in [1.82, 2.24) is 10.6 Å². The molecule has 0 spiro atoms. The highest BCUT2D eigenvalue weighted by Crippen LogP contribution is 2.41. The molecule has 4 rings (SSSR count). The van der Waals surface area contributed by atoms with E-state index in [2.05, 4.69) is 10.6 Å². The predicted molar refractivity (Wildman–Crippen MR) is 95.1 cm³/mol. The molecule has 1 fully saturated rings. The van der Waals surface area contributed by atoms with Crippen LogP contribution in [0.25, 0.3) is 0 Å². The predicted octanol–water partition coefficient (Wildman–Crippen LogP) is 2.90. The second-order valence-electron chi connectivity index (χ2n) is 6.82. The Balaban J connectivity index is 1.41. The summed E-state index contributed by atoms with van der Waals surface area (Å²) in [5.74, 6) is -0.141. The van der Waals surface area contributed by atoms with Crippen LogP contribution in [0.4, 0.5) is 9.18 Å². The molecule has 1 heterocycles. The number of benzene rings is 2. The fraction of sp³-hybridized carbons (Fsp3) is 0.316. The van der Waals surface area contributed by atoms with Crippen molar-refractivity contribution < 1.29 is 17.6 Å². The number of halogens is 1. The van der Waals surface area contributed by atoms with Crippen LogP contribution in [0.1, 0.15) is 35.9 Å². The van der Waals surface area contributed by atoms with Crippen LogP contribution in [0.3, 0.4) is 0 Å². The van der Waals surface area contributed by atoms with Gasteiger partial charge in [-0.05, 0) is 42.2 Å². The Morgan fingerprint density at radius 1 is 1.08 bits per heavy atom. The van der Waals surface area contributed by atoms with Crippen LogP contribution in [0.2, 0.25) is 0 Å². The van der Waals surface area contributed by atoms with Crippen LogP contribution < -0.4 is 10.6 Å². The number of fused-ring (bicyclic) bond motifs is 1. The Labute approximate surface area is 151 Å². The van der Waals surface area contributed by atoms with Crippen molar-refractivity contribution in [3.05, 3.63) is 65.5 Å². The molecule has 7 heteroatoms. The monoisotopic (exact) mass is 374 g/mol. The van der Waals surface area contributed by atoms with Gasteiger partial charge in [0.05, 0.1) is 16.7 Å². The van der Waals surface area contributed by atoms with E-state index in [-0.39, 0.29) is 35.6 Å². The van der Waals surface area contributed by atoms with Gasteiger partial charge in [-0.2, -0.15) is 0 Å². The maximum atomic E-state index is 13.3. The Kier molecular flexibility index (Phi) is 4.19. The van der Waals surface area contributed by atoms with Gasteiger partial charge in [-0.3, -0.25) is 0 Å². The van der Waals surface area contributed by atoms with Gasteiger partial charge in [0, 0.05) is 12.0 Å². The SMILES string of the molecule is O=C(N[C@H]1C[C@H]1c1cccc(F)c1)N[C@@H]1CCS(=O)(=O)c2ccccc21. The van der Waals surface area contributed by atoms with Gasteiger partial charge in [-0.15, -0.1) is 0 Å². The quantitative estimate of drug-likeness (QED) is 0.867. The van der Waals surface area contributed by atoms with Gasteiger partial charge in [-0.1, -0.05) is 30.3 Å². The molecule has 2 N–H and O–H groups in total. The summed E-state index contributed by atoms with van der Waals surface area (Å²) in [5.41, 5.74) is 1.51. The zero-order valence-electron chi connectivity index (χ0n) is 14.0. The van der Waals surface area contributed by atoms with Gasteiger partial charge in [-0.25, -0.2) is 17.6 Å². The zero-order valence-corrected chi connectivity index (χ0v) is 14.8. The van der Waals surface area contributed by atoms with Crippen molar-refractivity contribution in [3.63, 3.8) is 0 Å². The van der Waals surface area contributed by atoms with Gasteiger partial charge in [0.1, 0.15) is 5.82 Å². The maximum absolute atomic E-state index is 13.3. The first-order valence-corrected chi connectivity index (χ1v) is 10.2. The largest absolute Gasteiger partial charge is 0.335 e. The second-order valence-corrected chi connectivity index (χ2v) is 8.90. The summed E-state index contributed by atoms with van der Waals surface area (Å²) in [5, 5.41) is 5.78. The maximum Gasteiger partial charge on any atom is 0.315 e. The smallest absolute Gasteiger partial charge is 0.315 e. The molecule has 3 atom stereocenters. The van der Waals surface area contributed by atoms with Crippen LogP contribution in [0.15, 0.2) is 53.4 Å². The van der Waals surface area contributed by atoms with E-state index < -0.39 is 9.84 Å². The number of hydrogen-bond donors (Lipinski definition) is 2. The number of nitrogens with one attached hydrogen (secondary N) is 2. The van der Waals surface area contributed by atoms with Gasteiger partial charge in [0.15, 0.2) is 9.84 Å². The Morgan fingerprint density at radius 3 is 2.69 bits per heavy atom. The number of amides is 2. The molecule has 2 aliphatic rings. The minimum atomic E-state index is -3.28. The van der Waals surface area contributed by atoms with E-state index in [0.29, 0.717) is 16.9 Å². The zero-order chi connectivity index (χ0) is 18.3. The minimum absolute atomic E-state index is 0.0182. The standard InChI is InChI=1S/C19H19FN2O3S/c20-13-5-3-4-12(10-13)15-11-17(15)22-19(23)21-16-8-9-26(24,25)18-7-2-1-6-14(16)18/h1-7,10,15-17H,8-9,11H2,(H2,21,22,23)/t15-,16+,17-/m0/s1. The third kappa shape index (κ3) is 3.31. The lowest BCUT2D eigenvalue weighted by atomic mass is 10.0. The number of carbonyl (C=O) groups is 1. The Hall–Kier alpha value is -2.41. The Morgan fingerprint density at radius 2 is 1.88 bits per heavy atom. The molecular formula is C19H19FN2O3S. The molecule has 1 saturated carbocycles. The van der Waals surface area contributed by atoms with Gasteiger partial charge < -0.3 is 10.6 Å². The minimum Gasteiger partial charge on any atom is -0.335 e. The second kappa shape index (κ2) is 6.39. The molecule has 0 unspecified atom stereocenters. The fourth-order valence-electron chi connectivity index (χ4n) is 3.57. The number of urea groups is 1. The molecule has 2 aromatic rings. The van der Waals surface area contributed by atoms with E-state index in [9.17, 15) is 17.6 Å². The van der Waals surface area contributed by atoms with Gasteiger partial charge >= 0.3 is 6.03 Å². The van der Waals surface area contributed by atoms with E-state index in [1.54, 1.807) is 30.3 Å². The van der Waals surface area contributed by atoms with E-state index in [4.69, 9.17) is 0 Å². The van der Waals surface area contributed by atoms with Gasteiger partial charge in [0.2, 0.25) is 0 Å².